The summed E-state index contributed by atoms with van der Waals surface area (Å²) in [5.41, 5.74) is 6.93. The van der Waals surface area contributed by atoms with Gasteiger partial charge in [-0.1, -0.05) is 6.07 Å². The molecule has 2 N–H and O–H groups in total. The molecule has 3 heteroatoms. The lowest BCUT2D eigenvalue weighted by atomic mass is 10.3. The summed E-state index contributed by atoms with van der Waals surface area (Å²) >= 11 is 3.31. The first-order chi connectivity index (χ1) is 5.38. The number of hydrogen-bond donors (Lipinski definition) is 1. The molecule has 0 aliphatic heterocycles. The Labute approximate surface area is 73.1 Å². The van der Waals surface area contributed by atoms with Gasteiger partial charge in [0.25, 0.3) is 0 Å². The summed E-state index contributed by atoms with van der Waals surface area (Å²) < 4.78 is 0. The second kappa shape index (κ2) is 2.68. The molecule has 0 atom stereocenters. The Morgan fingerprint density at radius 2 is 2.00 bits per heavy atom. The first kappa shape index (κ1) is 6.88. The lowest BCUT2D eigenvalue weighted by Gasteiger charge is -1.91. The molecule has 2 aromatic heterocycles. The third-order valence-corrected chi connectivity index (χ3v) is 3.13. The monoisotopic (exact) mass is 181 g/mol. The lowest BCUT2D eigenvalue weighted by molar-refractivity contribution is 1.86. The van der Waals surface area contributed by atoms with Crippen LogP contribution in [0.1, 0.15) is 0 Å². The van der Waals surface area contributed by atoms with Crippen LogP contribution in [0.2, 0.25) is 0 Å². The van der Waals surface area contributed by atoms with E-state index < -0.39 is 0 Å². The predicted octanol–water partition coefficient (Wildman–Crippen LogP) is 3.06. The SMILES string of the molecule is Nc1sccc1-c1cccs1. The Balaban J connectivity index is 2.53. The summed E-state index contributed by atoms with van der Waals surface area (Å²) in [6.45, 7) is 0. The molecule has 2 heterocycles. The maximum absolute atomic E-state index is 5.76. The molecule has 0 aromatic carbocycles. The predicted molar refractivity (Wildman–Crippen MR) is 52.0 cm³/mol. The van der Waals surface area contributed by atoms with Crippen LogP contribution in [0.4, 0.5) is 5.00 Å². The van der Waals surface area contributed by atoms with Crippen LogP contribution >= 0.6 is 22.7 Å². The van der Waals surface area contributed by atoms with E-state index in [1.807, 2.05) is 11.4 Å². The summed E-state index contributed by atoms with van der Waals surface area (Å²) in [6, 6.07) is 6.19. The molecule has 0 bridgehead atoms. The van der Waals surface area contributed by atoms with E-state index in [-0.39, 0.29) is 0 Å². The van der Waals surface area contributed by atoms with Crippen LogP contribution in [0.3, 0.4) is 0 Å². The summed E-state index contributed by atoms with van der Waals surface area (Å²) in [5, 5.41) is 4.99. The standard InChI is InChI=1S/C8H7NS2/c9-8-6(3-5-11-8)7-2-1-4-10-7/h1-5H,9H2. The molecule has 0 aliphatic carbocycles. The highest BCUT2D eigenvalue weighted by Crippen LogP contribution is 2.33. The molecule has 56 valence electrons. The van der Waals surface area contributed by atoms with Crippen LogP contribution in [-0.4, -0.2) is 0 Å². The average Bonchev–Trinajstić information content (AvgIpc) is 2.55. The van der Waals surface area contributed by atoms with Crippen LogP contribution in [0.15, 0.2) is 29.0 Å². The molecule has 0 spiro atoms. The summed E-state index contributed by atoms with van der Waals surface area (Å²) in [4.78, 5) is 1.25. The van der Waals surface area contributed by atoms with Crippen molar-refractivity contribution >= 4 is 27.7 Å². The van der Waals surface area contributed by atoms with E-state index in [1.54, 1.807) is 22.7 Å². The summed E-state index contributed by atoms with van der Waals surface area (Å²) in [7, 11) is 0. The normalized spacial score (nSPS) is 10.2. The van der Waals surface area contributed by atoms with Gasteiger partial charge in [0.1, 0.15) is 0 Å². The Kier molecular flexibility index (Phi) is 1.68. The van der Waals surface area contributed by atoms with Crippen molar-refractivity contribution in [2.45, 2.75) is 0 Å². The van der Waals surface area contributed by atoms with Gasteiger partial charge in [0.15, 0.2) is 0 Å². The molecular formula is C8H7NS2. The fourth-order valence-electron chi connectivity index (χ4n) is 0.956. The fourth-order valence-corrected chi connectivity index (χ4v) is 2.44. The summed E-state index contributed by atoms with van der Waals surface area (Å²) in [6.07, 6.45) is 0. The van der Waals surface area contributed by atoms with Gasteiger partial charge in [-0.3, -0.25) is 0 Å². The second-order valence-corrected chi connectivity index (χ2v) is 4.07. The molecule has 2 rings (SSSR count). The number of rotatable bonds is 1. The topological polar surface area (TPSA) is 26.0 Å². The smallest absolute Gasteiger partial charge is 0.0944 e. The van der Waals surface area contributed by atoms with E-state index in [4.69, 9.17) is 5.73 Å². The number of nitrogens with two attached hydrogens (primary N) is 1. The lowest BCUT2D eigenvalue weighted by Crippen LogP contribution is -1.79. The highest BCUT2D eigenvalue weighted by molar-refractivity contribution is 7.16. The molecule has 0 unspecified atom stereocenters. The van der Waals surface area contributed by atoms with Gasteiger partial charge in [-0.05, 0) is 22.9 Å². The average molecular weight is 181 g/mol. The first-order valence-corrected chi connectivity index (χ1v) is 5.00. The second-order valence-electron chi connectivity index (χ2n) is 2.18. The number of nitrogen functional groups attached to an aromatic ring is 1. The minimum atomic E-state index is 0.910. The van der Waals surface area contributed by atoms with Gasteiger partial charge in [0, 0.05) is 10.4 Å². The Morgan fingerprint density at radius 1 is 1.09 bits per heavy atom. The third kappa shape index (κ3) is 1.17. The van der Waals surface area contributed by atoms with Crippen molar-refractivity contribution in [1.82, 2.24) is 0 Å². The highest BCUT2D eigenvalue weighted by atomic mass is 32.1. The maximum atomic E-state index is 5.76. The Bertz CT molecular complexity index is 335. The van der Waals surface area contributed by atoms with E-state index in [0.29, 0.717) is 0 Å². The van der Waals surface area contributed by atoms with Gasteiger partial charge < -0.3 is 5.73 Å². The number of thiophene rings is 2. The van der Waals surface area contributed by atoms with Crippen LogP contribution in [0.25, 0.3) is 10.4 Å². The molecule has 2 aromatic rings. The molecule has 0 amide bonds. The van der Waals surface area contributed by atoms with Gasteiger partial charge in [-0.25, -0.2) is 0 Å². The van der Waals surface area contributed by atoms with E-state index in [2.05, 4.69) is 17.5 Å². The third-order valence-electron chi connectivity index (χ3n) is 1.48. The van der Waals surface area contributed by atoms with Gasteiger partial charge in [-0.15, -0.1) is 22.7 Å². The van der Waals surface area contributed by atoms with Crippen molar-refractivity contribution in [2.75, 3.05) is 5.73 Å². The zero-order valence-corrected chi connectivity index (χ0v) is 7.41. The Hall–Kier alpha value is -0.800. The van der Waals surface area contributed by atoms with Crippen molar-refractivity contribution in [3.8, 4) is 10.4 Å². The van der Waals surface area contributed by atoms with E-state index >= 15 is 0 Å². The maximum Gasteiger partial charge on any atom is 0.0944 e. The number of hydrogen-bond acceptors (Lipinski definition) is 3. The van der Waals surface area contributed by atoms with Crippen molar-refractivity contribution in [3.63, 3.8) is 0 Å². The van der Waals surface area contributed by atoms with Crippen LogP contribution < -0.4 is 5.73 Å². The number of anilines is 1. The van der Waals surface area contributed by atoms with E-state index in [1.165, 1.54) is 10.4 Å². The van der Waals surface area contributed by atoms with Crippen molar-refractivity contribution < 1.29 is 0 Å². The molecular weight excluding hydrogens is 174 g/mol. The van der Waals surface area contributed by atoms with Crippen molar-refractivity contribution in [1.29, 1.82) is 0 Å². The van der Waals surface area contributed by atoms with Crippen molar-refractivity contribution in [2.24, 2.45) is 0 Å². The molecule has 0 radical (unpaired) electrons. The Morgan fingerprint density at radius 3 is 2.55 bits per heavy atom. The van der Waals surface area contributed by atoms with Gasteiger partial charge >= 0.3 is 0 Å². The molecule has 11 heavy (non-hydrogen) atoms. The fraction of sp³-hybridized carbons (Fsp3) is 0. The van der Waals surface area contributed by atoms with E-state index in [9.17, 15) is 0 Å². The minimum Gasteiger partial charge on any atom is -0.390 e. The minimum absolute atomic E-state index is 0.910. The highest BCUT2D eigenvalue weighted by Gasteiger charge is 2.02. The van der Waals surface area contributed by atoms with Crippen LogP contribution in [0.5, 0.6) is 0 Å². The first-order valence-electron chi connectivity index (χ1n) is 3.25. The molecule has 0 saturated heterocycles. The summed E-state index contributed by atoms with van der Waals surface area (Å²) in [5.74, 6) is 0. The molecule has 0 aliphatic rings. The van der Waals surface area contributed by atoms with Gasteiger partial charge in [0.05, 0.1) is 5.00 Å². The van der Waals surface area contributed by atoms with Crippen molar-refractivity contribution in [3.05, 3.63) is 29.0 Å². The van der Waals surface area contributed by atoms with Crippen LogP contribution in [0, 0.1) is 0 Å². The zero-order valence-electron chi connectivity index (χ0n) is 5.78. The largest absolute Gasteiger partial charge is 0.390 e. The van der Waals surface area contributed by atoms with Gasteiger partial charge in [-0.2, -0.15) is 0 Å². The van der Waals surface area contributed by atoms with Crippen LogP contribution in [-0.2, 0) is 0 Å². The molecule has 1 nitrogen and oxygen atoms in total. The van der Waals surface area contributed by atoms with E-state index in [0.717, 1.165) is 5.00 Å². The quantitative estimate of drug-likeness (QED) is 0.719. The molecule has 0 saturated carbocycles. The zero-order chi connectivity index (χ0) is 7.68. The molecule has 0 fully saturated rings. The van der Waals surface area contributed by atoms with Gasteiger partial charge in [0.2, 0.25) is 0 Å².